The predicted octanol–water partition coefficient (Wildman–Crippen LogP) is 2.13. The number of hydrogen-bond acceptors (Lipinski definition) is 3. The minimum absolute atomic E-state index is 0.168. The van der Waals surface area contributed by atoms with Gasteiger partial charge in [-0.1, -0.05) is 12.1 Å². The zero-order chi connectivity index (χ0) is 14.5. The average Bonchev–Trinajstić information content (AvgIpc) is 2.76. The molecule has 20 heavy (non-hydrogen) atoms. The fourth-order valence-corrected chi connectivity index (χ4v) is 2.49. The minimum Gasteiger partial charge on any atom is -0.497 e. The summed E-state index contributed by atoms with van der Waals surface area (Å²) in [5.41, 5.74) is 3.35. The van der Waals surface area contributed by atoms with E-state index in [2.05, 4.69) is 17.2 Å². The lowest BCUT2D eigenvalue weighted by Gasteiger charge is -2.14. The number of ether oxygens (including phenoxy) is 1. The highest BCUT2D eigenvalue weighted by Gasteiger charge is 2.13. The van der Waals surface area contributed by atoms with Crippen LogP contribution in [0.25, 0.3) is 0 Å². The Balaban J connectivity index is 2.06. The first kappa shape index (κ1) is 14.6. The SMILES string of the molecule is COc1cccc(CC(CO)Cc2cc(C)nn2C)c1. The van der Waals surface area contributed by atoms with Crippen LogP contribution in [0.1, 0.15) is 17.0 Å². The number of benzene rings is 1. The summed E-state index contributed by atoms with van der Waals surface area (Å²) in [6.07, 6.45) is 1.66. The van der Waals surface area contributed by atoms with Crippen molar-refractivity contribution in [3.05, 3.63) is 47.3 Å². The van der Waals surface area contributed by atoms with E-state index in [0.717, 1.165) is 30.0 Å². The zero-order valence-corrected chi connectivity index (χ0v) is 12.3. The van der Waals surface area contributed by atoms with Crippen molar-refractivity contribution in [2.24, 2.45) is 13.0 Å². The van der Waals surface area contributed by atoms with E-state index in [1.165, 1.54) is 5.56 Å². The number of methoxy groups -OCH3 is 1. The molecule has 2 aromatic rings. The van der Waals surface area contributed by atoms with Gasteiger partial charge in [0, 0.05) is 19.3 Å². The molecule has 0 fully saturated rings. The summed E-state index contributed by atoms with van der Waals surface area (Å²) in [5.74, 6) is 1.05. The molecule has 1 aromatic carbocycles. The fraction of sp³-hybridized carbons (Fsp3) is 0.438. The molecule has 0 spiro atoms. The summed E-state index contributed by atoms with van der Waals surface area (Å²) < 4.78 is 7.13. The minimum atomic E-state index is 0.168. The molecule has 0 bridgehead atoms. The van der Waals surface area contributed by atoms with E-state index in [0.29, 0.717) is 0 Å². The van der Waals surface area contributed by atoms with E-state index in [9.17, 15) is 5.11 Å². The Labute approximate surface area is 120 Å². The van der Waals surface area contributed by atoms with Gasteiger partial charge in [0.1, 0.15) is 5.75 Å². The Hall–Kier alpha value is -1.81. The van der Waals surface area contributed by atoms with Crippen LogP contribution in [0, 0.1) is 12.8 Å². The first-order chi connectivity index (χ1) is 9.62. The molecule has 0 saturated heterocycles. The maximum absolute atomic E-state index is 9.61. The fourth-order valence-electron chi connectivity index (χ4n) is 2.49. The second kappa shape index (κ2) is 6.57. The van der Waals surface area contributed by atoms with Crippen molar-refractivity contribution < 1.29 is 9.84 Å². The summed E-state index contributed by atoms with van der Waals surface area (Å²) in [5, 5.41) is 14.0. The van der Waals surface area contributed by atoms with Crippen LogP contribution in [0.5, 0.6) is 5.75 Å². The normalized spacial score (nSPS) is 12.4. The highest BCUT2D eigenvalue weighted by molar-refractivity contribution is 5.28. The van der Waals surface area contributed by atoms with Crippen LogP contribution in [0.2, 0.25) is 0 Å². The second-order valence-electron chi connectivity index (χ2n) is 5.21. The zero-order valence-electron chi connectivity index (χ0n) is 12.3. The van der Waals surface area contributed by atoms with Crippen molar-refractivity contribution in [2.45, 2.75) is 19.8 Å². The Morgan fingerprint density at radius 2 is 2.10 bits per heavy atom. The van der Waals surface area contributed by atoms with Crippen molar-refractivity contribution in [1.29, 1.82) is 0 Å². The summed E-state index contributed by atoms with van der Waals surface area (Å²) in [6.45, 7) is 2.15. The molecule has 1 aromatic heterocycles. The molecule has 4 nitrogen and oxygen atoms in total. The van der Waals surface area contributed by atoms with Gasteiger partial charge in [-0.05, 0) is 49.4 Å². The van der Waals surface area contributed by atoms with Crippen molar-refractivity contribution in [3.63, 3.8) is 0 Å². The van der Waals surface area contributed by atoms with Gasteiger partial charge >= 0.3 is 0 Å². The van der Waals surface area contributed by atoms with E-state index >= 15 is 0 Å². The number of aryl methyl sites for hydroxylation is 2. The van der Waals surface area contributed by atoms with Crippen molar-refractivity contribution in [1.82, 2.24) is 9.78 Å². The van der Waals surface area contributed by atoms with E-state index in [1.807, 2.05) is 36.9 Å². The molecule has 4 heteroatoms. The lowest BCUT2D eigenvalue weighted by Crippen LogP contribution is -2.15. The van der Waals surface area contributed by atoms with Crippen LogP contribution < -0.4 is 4.74 Å². The Kier molecular flexibility index (Phi) is 4.79. The van der Waals surface area contributed by atoms with Crippen LogP contribution in [-0.2, 0) is 19.9 Å². The Bertz CT molecular complexity index is 563. The van der Waals surface area contributed by atoms with Gasteiger partial charge in [-0.2, -0.15) is 5.10 Å². The van der Waals surface area contributed by atoms with E-state index < -0.39 is 0 Å². The molecule has 2 rings (SSSR count). The van der Waals surface area contributed by atoms with Gasteiger partial charge in [0.2, 0.25) is 0 Å². The van der Waals surface area contributed by atoms with Crippen LogP contribution >= 0.6 is 0 Å². The van der Waals surface area contributed by atoms with E-state index in [4.69, 9.17) is 4.74 Å². The van der Waals surface area contributed by atoms with Crippen molar-refractivity contribution in [3.8, 4) is 5.75 Å². The monoisotopic (exact) mass is 274 g/mol. The van der Waals surface area contributed by atoms with Gasteiger partial charge in [0.05, 0.1) is 12.8 Å². The molecule has 0 amide bonds. The number of aliphatic hydroxyl groups excluding tert-OH is 1. The number of nitrogens with zero attached hydrogens (tertiary/aromatic N) is 2. The topological polar surface area (TPSA) is 47.3 Å². The molecule has 0 saturated carbocycles. The van der Waals surface area contributed by atoms with Gasteiger partial charge in [-0.25, -0.2) is 0 Å². The van der Waals surface area contributed by atoms with Gasteiger partial charge in [-0.15, -0.1) is 0 Å². The molecular weight excluding hydrogens is 252 g/mol. The third kappa shape index (κ3) is 3.61. The number of aliphatic hydroxyl groups is 1. The molecule has 108 valence electrons. The molecule has 0 radical (unpaired) electrons. The first-order valence-corrected chi connectivity index (χ1v) is 6.85. The van der Waals surface area contributed by atoms with Crippen LogP contribution in [-0.4, -0.2) is 28.6 Å². The maximum Gasteiger partial charge on any atom is 0.119 e. The standard InChI is InChI=1S/C16H22N2O2/c1-12-7-15(18(2)17-12)9-14(11-19)8-13-5-4-6-16(10-13)20-3/h4-7,10,14,19H,8-9,11H2,1-3H3. The third-order valence-corrected chi connectivity index (χ3v) is 3.51. The molecular formula is C16H22N2O2. The smallest absolute Gasteiger partial charge is 0.119 e. The quantitative estimate of drug-likeness (QED) is 0.878. The lowest BCUT2D eigenvalue weighted by atomic mass is 9.95. The van der Waals surface area contributed by atoms with Gasteiger partial charge in [0.15, 0.2) is 0 Å². The molecule has 1 unspecified atom stereocenters. The molecule has 0 aliphatic rings. The number of aromatic nitrogens is 2. The third-order valence-electron chi connectivity index (χ3n) is 3.51. The Morgan fingerprint density at radius 1 is 1.30 bits per heavy atom. The van der Waals surface area contributed by atoms with Crippen molar-refractivity contribution in [2.75, 3.05) is 13.7 Å². The highest BCUT2D eigenvalue weighted by atomic mass is 16.5. The lowest BCUT2D eigenvalue weighted by molar-refractivity contribution is 0.223. The number of rotatable bonds is 6. The average molecular weight is 274 g/mol. The summed E-state index contributed by atoms with van der Waals surface area (Å²) in [6, 6.07) is 10.1. The van der Waals surface area contributed by atoms with E-state index in [-0.39, 0.29) is 12.5 Å². The Morgan fingerprint density at radius 3 is 2.70 bits per heavy atom. The molecule has 0 aliphatic carbocycles. The highest BCUT2D eigenvalue weighted by Crippen LogP contribution is 2.18. The van der Waals surface area contributed by atoms with Crippen LogP contribution in [0.15, 0.2) is 30.3 Å². The summed E-state index contributed by atoms with van der Waals surface area (Å²) in [4.78, 5) is 0. The van der Waals surface area contributed by atoms with Gasteiger partial charge in [0.25, 0.3) is 0 Å². The van der Waals surface area contributed by atoms with Gasteiger partial charge in [-0.3, -0.25) is 4.68 Å². The molecule has 1 heterocycles. The molecule has 0 aliphatic heterocycles. The first-order valence-electron chi connectivity index (χ1n) is 6.85. The van der Waals surface area contributed by atoms with Crippen LogP contribution in [0.3, 0.4) is 0 Å². The largest absolute Gasteiger partial charge is 0.497 e. The maximum atomic E-state index is 9.61. The second-order valence-corrected chi connectivity index (χ2v) is 5.21. The molecule has 1 atom stereocenters. The molecule has 1 N–H and O–H groups in total. The predicted molar refractivity (Wildman–Crippen MR) is 78.9 cm³/mol. The summed E-state index contributed by atoms with van der Waals surface area (Å²) in [7, 11) is 3.61. The van der Waals surface area contributed by atoms with Crippen molar-refractivity contribution >= 4 is 0 Å². The summed E-state index contributed by atoms with van der Waals surface area (Å²) >= 11 is 0. The number of hydrogen-bond donors (Lipinski definition) is 1. The van der Waals surface area contributed by atoms with E-state index in [1.54, 1.807) is 7.11 Å². The van der Waals surface area contributed by atoms with Crippen LogP contribution in [0.4, 0.5) is 0 Å². The van der Waals surface area contributed by atoms with Gasteiger partial charge < -0.3 is 9.84 Å².